The molecule has 4 aliphatic rings. The van der Waals surface area contributed by atoms with Crippen LogP contribution in [0.25, 0.3) is 50.0 Å². The Kier molecular flexibility index (Phi) is 8.75. The number of pyridine rings is 2. The van der Waals surface area contributed by atoms with Gasteiger partial charge in [-0.05, 0) is 29.0 Å². The van der Waals surface area contributed by atoms with Gasteiger partial charge in [0.15, 0.2) is 0 Å². The van der Waals surface area contributed by atoms with Gasteiger partial charge in [-0.15, -0.1) is 0 Å². The molecule has 6 heterocycles. The van der Waals surface area contributed by atoms with Crippen LogP contribution in [0.1, 0.15) is 54.3 Å². The van der Waals surface area contributed by atoms with E-state index in [1.165, 1.54) is 50.0 Å². The molecule has 4 bridgehead atoms. The van der Waals surface area contributed by atoms with Crippen molar-refractivity contribution < 1.29 is 24.1 Å². The minimum absolute atomic E-state index is 0.112. The third kappa shape index (κ3) is 6.48. The van der Waals surface area contributed by atoms with Crippen LogP contribution in [0.2, 0.25) is 0 Å². The smallest absolute Gasteiger partial charge is 0.0579 e. The quantitative estimate of drug-likeness (QED) is 0.172. The molecule has 2 aliphatic carbocycles. The zero-order valence-corrected chi connectivity index (χ0v) is 35.0. The second kappa shape index (κ2) is 14.0. The molecule has 0 saturated heterocycles. The maximum atomic E-state index is 6.70. The van der Waals surface area contributed by atoms with E-state index in [9.17, 15) is 0 Å². The molecule has 284 valence electrons. The predicted molar refractivity (Wildman–Crippen MR) is 229 cm³/mol. The number of nitrogens with zero attached hydrogens (tertiary/aromatic N) is 4. The molecule has 0 N–H and O–H groups in total. The topological polar surface area (TPSA) is 36.4 Å². The van der Waals surface area contributed by atoms with Gasteiger partial charge >= 0.3 is 248 Å². The van der Waals surface area contributed by atoms with Gasteiger partial charge in [0.25, 0.3) is 0 Å². The van der Waals surface area contributed by atoms with Crippen LogP contribution >= 0.6 is 0 Å². The summed E-state index contributed by atoms with van der Waals surface area (Å²) in [5.41, 5.74) is 14.9. The Labute approximate surface area is 344 Å². The summed E-state index contributed by atoms with van der Waals surface area (Å²) in [4.78, 5) is 5.08. The monoisotopic (exact) mass is 923 g/mol. The zero-order valence-electron chi connectivity index (χ0n) is 32.7. The van der Waals surface area contributed by atoms with Crippen molar-refractivity contribution in [3.63, 3.8) is 0 Å². The van der Waals surface area contributed by atoms with Crippen molar-refractivity contribution in [1.29, 1.82) is 0 Å². The number of fused-ring (bicyclic) bond motifs is 3. The summed E-state index contributed by atoms with van der Waals surface area (Å²) < 4.78 is 14.9. The first-order valence-electron chi connectivity index (χ1n) is 19.9. The van der Waals surface area contributed by atoms with Gasteiger partial charge in [0, 0.05) is 11.8 Å². The van der Waals surface area contributed by atoms with Crippen LogP contribution in [0.4, 0.5) is 0 Å². The average molecular weight is 924 g/mol. The molecule has 0 unspecified atom stereocenters. The summed E-state index contributed by atoms with van der Waals surface area (Å²) in [6.45, 7) is 8.93. The van der Waals surface area contributed by atoms with Gasteiger partial charge in [-0.25, -0.2) is 0 Å². The number of imidazole rings is 1. The standard InChI is InChI=1S/C51H44N4O.Pt/c1-34-28-50(52-31-46(34)37-19-22-39(23-20-37)51(2,3)4)55-47-11-6-5-10-44(47)45-27-26-43(30-48(45)55)56-42-9-7-8-41(29-42)53-32-49-38-18-16-35-12-14-36(15-13-35)17-24-40(25-21-38)54(49)33-53;/h5-15,19-23,25-32H,16-18,24H2,1-4H3;. The molecule has 0 atom stereocenters. The number of ether oxygens (including phenoxy) is 1. The predicted octanol–water partition coefficient (Wildman–Crippen LogP) is 12.2. The van der Waals surface area contributed by atoms with Gasteiger partial charge in [0.1, 0.15) is 0 Å². The number of benzene rings is 5. The Morgan fingerprint density at radius 1 is 0.649 bits per heavy atom. The van der Waals surface area contributed by atoms with Crippen LogP contribution in [0, 0.1) is 10.7 Å². The summed E-state index contributed by atoms with van der Waals surface area (Å²) in [7, 11) is 0. The van der Waals surface area contributed by atoms with E-state index in [2.05, 4.69) is 194 Å². The molecule has 0 spiro atoms. The van der Waals surface area contributed by atoms with Gasteiger partial charge in [-0.3, -0.25) is 0 Å². The van der Waals surface area contributed by atoms with Crippen LogP contribution in [-0.2, 0) is 50.5 Å². The van der Waals surface area contributed by atoms with Crippen molar-refractivity contribution in [2.45, 2.75) is 58.8 Å². The van der Waals surface area contributed by atoms with Crippen molar-refractivity contribution in [1.82, 2.24) is 18.5 Å². The number of aromatic nitrogens is 4. The van der Waals surface area contributed by atoms with Gasteiger partial charge in [-0.2, -0.15) is 0 Å². The van der Waals surface area contributed by atoms with Crippen LogP contribution < -0.4 is 4.74 Å². The van der Waals surface area contributed by atoms with Gasteiger partial charge in [0.2, 0.25) is 0 Å². The van der Waals surface area contributed by atoms with E-state index in [1.807, 2.05) is 12.3 Å². The van der Waals surface area contributed by atoms with E-state index in [0.717, 1.165) is 74.5 Å². The summed E-state index contributed by atoms with van der Waals surface area (Å²) in [6, 6.07) is 48.4. The SMILES string of the molecule is Cc1cc(-n2c3ccccc3c3ccc(Oc4cccc(-n5cc6c7ccc(n6[c]5=[Pt])CCc5ccc(cc5)CC7)c4)cc32)ncc1-c1ccc(C(C)(C)C)cc1. The first-order valence-corrected chi connectivity index (χ1v) is 21.0. The normalized spacial score (nSPS) is 13.1. The first kappa shape index (κ1) is 35.6. The average Bonchev–Trinajstić information content (AvgIpc) is 3.73. The Hall–Kier alpha value is -5.77. The number of hydrogen-bond donors (Lipinski definition) is 0. The fraction of sp³-hybridized carbons (Fsp3) is 0.176. The van der Waals surface area contributed by atoms with Crippen molar-refractivity contribution in [2.75, 3.05) is 0 Å². The van der Waals surface area contributed by atoms with Crippen LogP contribution in [0.15, 0.2) is 146 Å². The molecule has 0 fully saturated rings. The van der Waals surface area contributed by atoms with Crippen molar-refractivity contribution in [2.24, 2.45) is 0 Å². The Morgan fingerprint density at radius 3 is 2.16 bits per heavy atom. The molecular formula is C51H44N4OPt. The van der Waals surface area contributed by atoms with E-state index < -0.39 is 0 Å². The molecule has 0 radical (unpaired) electrons. The molecule has 57 heavy (non-hydrogen) atoms. The summed E-state index contributed by atoms with van der Waals surface area (Å²) >= 11 is 2.49. The minimum Gasteiger partial charge on any atom is -0.0579 e. The number of rotatable bonds is 5. The fourth-order valence-electron chi connectivity index (χ4n) is 8.49. The molecule has 6 heteroatoms. The van der Waals surface area contributed by atoms with Crippen LogP contribution in [0.5, 0.6) is 11.5 Å². The molecule has 5 nitrogen and oxygen atoms in total. The van der Waals surface area contributed by atoms with Crippen LogP contribution in [0.3, 0.4) is 0 Å². The Balaban J connectivity index is 1.00. The first-order chi connectivity index (χ1) is 27.7. The van der Waals surface area contributed by atoms with Crippen molar-refractivity contribution in [3.8, 4) is 34.1 Å². The Morgan fingerprint density at radius 2 is 1.39 bits per heavy atom. The molecule has 4 aromatic heterocycles. The second-order valence-electron chi connectivity index (χ2n) is 16.4. The molecule has 13 rings (SSSR count). The van der Waals surface area contributed by atoms with Crippen molar-refractivity contribution >= 4 is 27.3 Å². The summed E-state index contributed by atoms with van der Waals surface area (Å²) in [5, 5.41) is 2.35. The van der Waals surface area contributed by atoms with E-state index in [-0.39, 0.29) is 5.41 Å². The zero-order chi connectivity index (χ0) is 38.8. The molecule has 0 saturated carbocycles. The van der Waals surface area contributed by atoms with Gasteiger partial charge in [0.05, 0.1) is 0 Å². The van der Waals surface area contributed by atoms with Crippen molar-refractivity contribution in [3.05, 3.63) is 183 Å². The second-order valence-corrected chi connectivity index (χ2v) is 17.5. The molecule has 5 aromatic carbocycles. The summed E-state index contributed by atoms with van der Waals surface area (Å²) in [5.74, 6) is 2.45. The molecule has 0 amide bonds. The number of hydrogen-bond acceptors (Lipinski definition) is 2. The van der Waals surface area contributed by atoms with E-state index in [1.54, 1.807) is 0 Å². The number of aryl methyl sites for hydroxylation is 5. The summed E-state index contributed by atoms with van der Waals surface area (Å²) in [6.07, 6.45) is 8.34. The molecule has 9 aromatic rings. The minimum atomic E-state index is 0.112. The van der Waals surface area contributed by atoms with E-state index in [0.29, 0.717) is 0 Å². The fourth-order valence-corrected chi connectivity index (χ4v) is 9.53. The van der Waals surface area contributed by atoms with Gasteiger partial charge in [-0.1, -0.05) is 57.2 Å². The third-order valence-corrected chi connectivity index (χ3v) is 12.7. The van der Waals surface area contributed by atoms with Crippen LogP contribution in [-0.4, -0.2) is 18.5 Å². The number of para-hydroxylation sites is 1. The molecule has 2 aliphatic heterocycles. The maximum absolute atomic E-state index is 6.70. The third-order valence-electron chi connectivity index (χ3n) is 11.7. The molecular weight excluding hydrogens is 880 g/mol. The Bertz CT molecular complexity index is 3050. The van der Waals surface area contributed by atoms with E-state index in [4.69, 9.17) is 9.72 Å². The van der Waals surface area contributed by atoms with E-state index >= 15 is 0 Å². The van der Waals surface area contributed by atoms with Gasteiger partial charge < -0.3 is 0 Å².